The number of carboxylic acid groups (broad SMARTS) is 1. The number of amides is 3. The van der Waals surface area contributed by atoms with Crippen molar-refractivity contribution in [1.82, 2.24) is 15.5 Å². The molecular weight excluding hydrogens is 250 g/mol. The molecule has 2 atom stereocenters. The Kier molecular flexibility index (Phi) is 4.24. The van der Waals surface area contributed by atoms with Crippen molar-refractivity contribution in [3.8, 4) is 0 Å². The van der Waals surface area contributed by atoms with Gasteiger partial charge in [0.25, 0.3) is 0 Å². The Balaban J connectivity index is 1.81. The molecule has 0 unspecified atom stereocenters. The molecule has 1 aliphatic carbocycles. The predicted octanol–water partition coefficient (Wildman–Crippen LogP) is -0.229. The number of nitrogens with one attached hydrogen (secondary N) is 2. The zero-order chi connectivity index (χ0) is 13.8. The summed E-state index contributed by atoms with van der Waals surface area (Å²) in [6, 6.07) is -0.270. The molecule has 2 rings (SSSR count). The van der Waals surface area contributed by atoms with Crippen LogP contribution in [0.15, 0.2) is 0 Å². The van der Waals surface area contributed by atoms with Gasteiger partial charge in [0.05, 0.1) is 5.92 Å². The number of nitrogens with zero attached hydrogens (tertiary/aromatic N) is 1. The Morgan fingerprint density at radius 2 is 2.11 bits per heavy atom. The number of hydrogen-bond donors (Lipinski definition) is 3. The summed E-state index contributed by atoms with van der Waals surface area (Å²) < 4.78 is 0. The van der Waals surface area contributed by atoms with Gasteiger partial charge in [0.1, 0.15) is 0 Å². The number of hydrogen-bond acceptors (Lipinski definition) is 3. The molecule has 106 valence electrons. The summed E-state index contributed by atoms with van der Waals surface area (Å²) in [5.74, 6) is -1.18. The minimum absolute atomic E-state index is 0.0397. The van der Waals surface area contributed by atoms with Crippen LogP contribution in [0, 0.1) is 5.92 Å². The van der Waals surface area contributed by atoms with Crippen molar-refractivity contribution in [2.24, 2.45) is 5.92 Å². The average molecular weight is 269 g/mol. The van der Waals surface area contributed by atoms with Gasteiger partial charge in [-0.25, -0.2) is 4.79 Å². The molecule has 1 saturated carbocycles. The van der Waals surface area contributed by atoms with Gasteiger partial charge >= 0.3 is 12.0 Å². The summed E-state index contributed by atoms with van der Waals surface area (Å²) >= 11 is 0. The van der Waals surface area contributed by atoms with E-state index in [2.05, 4.69) is 10.6 Å². The van der Waals surface area contributed by atoms with Gasteiger partial charge in [-0.3, -0.25) is 9.59 Å². The van der Waals surface area contributed by atoms with Crippen LogP contribution >= 0.6 is 0 Å². The average Bonchev–Trinajstić information content (AvgIpc) is 2.71. The maximum absolute atomic E-state index is 12.0. The molecule has 2 fully saturated rings. The van der Waals surface area contributed by atoms with Crippen LogP contribution in [0.25, 0.3) is 0 Å². The topological polar surface area (TPSA) is 98.7 Å². The predicted molar refractivity (Wildman–Crippen MR) is 66.5 cm³/mol. The van der Waals surface area contributed by atoms with Crippen LogP contribution in [0.1, 0.15) is 25.7 Å². The van der Waals surface area contributed by atoms with Crippen LogP contribution in [0.5, 0.6) is 0 Å². The monoisotopic (exact) mass is 269 g/mol. The molecule has 0 aromatic rings. The molecule has 1 heterocycles. The zero-order valence-electron chi connectivity index (χ0n) is 10.7. The molecule has 0 radical (unpaired) electrons. The van der Waals surface area contributed by atoms with Crippen LogP contribution in [0.4, 0.5) is 4.79 Å². The first-order valence-electron chi connectivity index (χ1n) is 6.61. The number of urea groups is 1. The summed E-state index contributed by atoms with van der Waals surface area (Å²) in [7, 11) is 0. The van der Waals surface area contributed by atoms with Gasteiger partial charge in [-0.2, -0.15) is 0 Å². The normalized spacial score (nSPS) is 27.6. The molecule has 7 nitrogen and oxygen atoms in total. The van der Waals surface area contributed by atoms with Crippen molar-refractivity contribution >= 4 is 17.9 Å². The second-order valence-corrected chi connectivity index (χ2v) is 5.08. The van der Waals surface area contributed by atoms with E-state index in [1.165, 1.54) is 0 Å². The van der Waals surface area contributed by atoms with Crippen molar-refractivity contribution < 1.29 is 19.5 Å². The molecule has 3 N–H and O–H groups in total. The Labute approximate surface area is 111 Å². The molecule has 2 aliphatic rings. The van der Waals surface area contributed by atoms with Crippen LogP contribution in [-0.4, -0.2) is 53.6 Å². The highest BCUT2D eigenvalue weighted by atomic mass is 16.4. The lowest BCUT2D eigenvalue weighted by Crippen LogP contribution is -2.45. The third-order valence-electron chi connectivity index (χ3n) is 3.71. The summed E-state index contributed by atoms with van der Waals surface area (Å²) in [6.07, 6.45) is 2.12. The molecule has 0 bridgehead atoms. The molecule has 0 spiro atoms. The lowest BCUT2D eigenvalue weighted by molar-refractivity contribution is -0.141. The minimum atomic E-state index is -0.790. The Morgan fingerprint density at radius 3 is 2.79 bits per heavy atom. The van der Waals surface area contributed by atoms with E-state index in [9.17, 15) is 14.4 Å². The second-order valence-electron chi connectivity index (χ2n) is 5.08. The van der Waals surface area contributed by atoms with Crippen LogP contribution in [-0.2, 0) is 9.59 Å². The third kappa shape index (κ3) is 3.59. The highest BCUT2D eigenvalue weighted by Gasteiger charge is 2.31. The van der Waals surface area contributed by atoms with Crippen LogP contribution < -0.4 is 10.6 Å². The van der Waals surface area contributed by atoms with Crippen molar-refractivity contribution in [1.29, 1.82) is 0 Å². The molecule has 1 saturated heterocycles. The van der Waals surface area contributed by atoms with Gasteiger partial charge in [-0.15, -0.1) is 0 Å². The van der Waals surface area contributed by atoms with Crippen LogP contribution in [0.2, 0.25) is 0 Å². The first kappa shape index (κ1) is 13.6. The van der Waals surface area contributed by atoms with E-state index in [0.29, 0.717) is 45.3 Å². The summed E-state index contributed by atoms with van der Waals surface area (Å²) in [6.45, 7) is 1.37. The number of rotatable bonds is 2. The maximum atomic E-state index is 12.0. The molecular formula is C12H19N3O4. The first-order valence-corrected chi connectivity index (χ1v) is 6.61. The van der Waals surface area contributed by atoms with E-state index in [-0.39, 0.29) is 23.9 Å². The Hall–Kier alpha value is -1.79. The Morgan fingerprint density at radius 1 is 1.32 bits per heavy atom. The van der Waals surface area contributed by atoms with E-state index in [4.69, 9.17) is 5.11 Å². The van der Waals surface area contributed by atoms with Gasteiger partial charge in [-0.1, -0.05) is 0 Å². The largest absolute Gasteiger partial charge is 0.481 e. The van der Waals surface area contributed by atoms with Gasteiger partial charge in [0.2, 0.25) is 5.91 Å². The number of carbonyl (C=O) groups excluding carboxylic acids is 2. The summed E-state index contributed by atoms with van der Waals surface area (Å²) in [5, 5.41) is 14.5. The number of carbonyl (C=O) groups is 3. The molecule has 7 heteroatoms. The number of aliphatic carboxylic acids is 1. The van der Waals surface area contributed by atoms with E-state index < -0.39 is 5.97 Å². The number of carboxylic acids is 1. The van der Waals surface area contributed by atoms with E-state index in [1.807, 2.05) is 0 Å². The Bertz CT molecular complexity index is 385. The minimum Gasteiger partial charge on any atom is -0.481 e. The lowest BCUT2D eigenvalue weighted by Gasteiger charge is -2.22. The first-order chi connectivity index (χ1) is 9.06. The molecule has 0 aromatic heterocycles. The quantitative estimate of drug-likeness (QED) is 0.645. The van der Waals surface area contributed by atoms with Gasteiger partial charge in [-0.05, 0) is 19.3 Å². The highest BCUT2D eigenvalue weighted by molar-refractivity contribution is 5.79. The van der Waals surface area contributed by atoms with E-state index in [0.717, 1.165) is 0 Å². The van der Waals surface area contributed by atoms with Crippen molar-refractivity contribution in [3.05, 3.63) is 0 Å². The molecule has 0 aromatic carbocycles. The van der Waals surface area contributed by atoms with E-state index >= 15 is 0 Å². The smallest absolute Gasteiger partial charge is 0.317 e. The zero-order valence-corrected chi connectivity index (χ0v) is 10.7. The van der Waals surface area contributed by atoms with Crippen LogP contribution in [0.3, 0.4) is 0 Å². The SMILES string of the molecule is O=C1CCN(C(=O)N[C@H]2CC[C@@H](C(=O)O)C2)CCN1. The fourth-order valence-corrected chi connectivity index (χ4v) is 2.57. The lowest BCUT2D eigenvalue weighted by atomic mass is 10.1. The van der Waals surface area contributed by atoms with E-state index in [1.54, 1.807) is 4.90 Å². The fraction of sp³-hybridized carbons (Fsp3) is 0.750. The van der Waals surface area contributed by atoms with Crippen molar-refractivity contribution in [3.63, 3.8) is 0 Å². The van der Waals surface area contributed by atoms with Gasteiger partial charge in [0.15, 0.2) is 0 Å². The molecule has 19 heavy (non-hydrogen) atoms. The summed E-state index contributed by atoms with van der Waals surface area (Å²) in [5.41, 5.74) is 0. The molecule has 3 amide bonds. The van der Waals surface area contributed by atoms with Crippen molar-refractivity contribution in [2.45, 2.75) is 31.7 Å². The summed E-state index contributed by atoms with van der Waals surface area (Å²) in [4.78, 5) is 35.6. The standard InChI is InChI=1S/C12H19N3O4/c16-10-3-5-15(6-4-13-10)12(19)14-9-2-1-8(7-9)11(17)18/h8-9H,1-7H2,(H,13,16)(H,14,19)(H,17,18)/t8-,9+/m1/s1. The van der Waals surface area contributed by atoms with Gasteiger partial charge in [0, 0.05) is 32.1 Å². The van der Waals surface area contributed by atoms with Gasteiger partial charge < -0.3 is 20.6 Å². The maximum Gasteiger partial charge on any atom is 0.317 e. The van der Waals surface area contributed by atoms with Crippen molar-refractivity contribution in [2.75, 3.05) is 19.6 Å². The fourth-order valence-electron chi connectivity index (χ4n) is 2.57. The third-order valence-corrected chi connectivity index (χ3v) is 3.71. The second kappa shape index (κ2) is 5.90. The highest BCUT2D eigenvalue weighted by Crippen LogP contribution is 2.25. The molecule has 1 aliphatic heterocycles.